The van der Waals surface area contributed by atoms with E-state index in [0.29, 0.717) is 29.7 Å². The number of fused-ring (bicyclic) bond motifs is 4. The van der Waals surface area contributed by atoms with Crippen LogP contribution in [0, 0.1) is 0 Å². The molecule has 0 saturated carbocycles. The van der Waals surface area contributed by atoms with Crippen molar-refractivity contribution >= 4 is 40.6 Å². The fraction of sp³-hybridized carbons (Fsp3) is 0.409. The molecule has 0 aromatic heterocycles. The summed E-state index contributed by atoms with van der Waals surface area (Å²) in [5.74, 6) is 0.0718. The van der Waals surface area contributed by atoms with Gasteiger partial charge in [-0.25, -0.2) is 0 Å². The van der Waals surface area contributed by atoms with Crippen LogP contribution in [0.4, 0.5) is 11.4 Å². The van der Waals surface area contributed by atoms with Gasteiger partial charge in [0.05, 0.1) is 17.9 Å². The molecule has 2 aromatic carbocycles. The third kappa shape index (κ3) is 3.24. The minimum Gasteiger partial charge on any atom is -0.305 e. The van der Waals surface area contributed by atoms with E-state index in [9.17, 15) is 4.79 Å². The quantitative estimate of drug-likeness (QED) is 0.792. The molecule has 2 bridgehead atoms. The number of nitrogens with zero attached hydrogens (tertiary/aromatic N) is 2. The first-order valence-electron chi connectivity index (χ1n) is 9.95. The lowest BCUT2D eigenvalue weighted by Gasteiger charge is -2.37. The molecule has 2 fully saturated rings. The van der Waals surface area contributed by atoms with Crippen molar-refractivity contribution in [3.63, 3.8) is 0 Å². The first-order valence-corrected chi connectivity index (χ1v) is 11.1. The number of hydrogen-bond acceptors (Lipinski definition) is 4. The number of benzene rings is 2. The second-order valence-corrected chi connectivity index (χ2v) is 9.53. The number of nitrogens with one attached hydrogen (secondary N) is 1. The van der Waals surface area contributed by atoms with Gasteiger partial charge in [0.2, 0.25) is 5.91 Å². The molecular weight excluding hydrogens is 390 g/mol. The van der Waals surface area contributed by atoms with Gasteiger partial charge < -0.3 is 10.2 Å². The normalized spacial score (nSPS) is 26.1. The van der Waals surface area contributed by atoms with Crippen LogP contribution in [0.2, 0.25) is 5.02 Å². The lowest BCUT2D eigenvalue weighted by molar-refractivity contribution is -0.117. The zero-order chi connectivity index (χ0) is 19.3. The van der Waals surface area contributed by atoms with Crippen molar-refractivity contribution in [2.75, 3.05) is 18.5 Å². The highest BCUT2D eigenvalue weighted by Gasteiger charge is 2.38. The molecule has 3 aliphatic heterocycles. The average Bonchev–Trinajstić information content (AvgIpc) is 2.91. The van der Waals surface area contributed by atoms with Crippen LogP contribution >= 0.6 is 23.4 Å². The molecule has 3 heterocycles. The predicted octanol–water partition coefficient (Wildman–Crippen LogP) is 4.68. The van der Waals surface area contributed by atoms with Crippen LogP contribution in [0.3, 0.4) is 0 Å². The lowest BCUT2D eigenvalue weighted by Crippen LogP contribution is -2.49. The van der Waals surface area contributed by atoms with Crippen molar-refractivity contribution in [3.8, 4) is 0 Å². The van der Waals surface area contributed by atoms with Crippen LogP contribution in [-0.4, -0.2) is 42.5 Å². The molecule has 0 spiro atoms. The lowest BCUT2D eigenvalue weighted by atomic mass is 9.98. The molecule has 2 saturated heterocycles. The van der Waals surface area contributed by atoms with Crippen LogP contribution in [0.25, 0.3) is 0 Å². The van der Waals surface area contributed by atoms with E-state index >= 15 is 0 Å². The summed E-state index contributed by atoms with van der Waals surface area (Å²) < 4.78 is 0. The number of para-hydroxylation sites is 1. The molecule has 1 N–H and O–H groups in total. The monoisotopic (exact) mass is 413 g/mol. The Kier molecular flexibility index (Phi) is 4.87. The summed E-state index contributed by atoms with van der Waals surface area (Å²) in [4.78, 5) is 19.8. The fourth-order valence-corrected chi connectivity index (χ4v) is 6.09. The summed E-state index contributed by atoms with van der Waals surface area (Å²) in [6.45, 7) is 0.346. The fourth-order valence-electron chi connectivity index (χ4n) is 4.89. The van der Waals surface area contributed by atoms with Gasteiger partial charge in [0.15, 0.2) is 0 Å². The van der Waals surface area contributed by atoms with Crippen molar-refractivity contribution in [1.82, 2.24) is 10.2 Å². The van der Waals surface area contributed by atoms with Gasteiger partial charge in [-0.3, -0.25) is 9.69 Å². The Hall–Kier alpha value is -1.53. The average molecular weight is 414 g/mol. The number of halogens is 1. The predicted molar refractivity (Wildman–Crippen MR) is 115 cm³/mol. The van der Waals surface area contributed by atoms with Crippen molar-refractivity contribution < 1.29 is 4.79 Å². The molecule has 6 heteroatoms. The topological polar surface area (TPSA) is 35.6 Å². The number of hydrogen-bond donors (Lipinski definition) is 1. The third-order valence-corrected chi connectivity index (χ3v) is 7.74. The van der Waals surface area contributed by atoms with Gasteiger partial charge in [-0.15, -0.1) is 0 Å². The molecule has 5 rings (SSSR count). The van der Waals surface area contributed by atoms with Crippen molar-refractivity contribution in [1.29, 1.82) is 0 Å². The highest BCUT2D eigenvalue weighted by molar-refractivity contribution is 7.99. The van der Waals surface area contributed by atoms with Crippen molar-refractivity contribution in [3.05, 3.63) is 47.5 Å². The summed E-state index contributed by atoms with van der Waals surface area (Å²) in [5.41, 5.74) is 1.82. The summed E-state index contributed by atoms with van der Waals surface area (Å²) in [6, 6.07) is 15.6. The zero-order valence-electron chi connectivity index (χ0n) is 15.9. The number of rotatable bonds is 3. The molecule has 1 amide bonds. The molecule has 4 nitrogen and oxygen atoms in total. The Balaban J connectivity index is 1.37. The van der Waals surface area contributed by atoms with Gasteiger partial charge >= 0.3 is 0 Å². The Bertz CT molecular complexity index is 906. The summed E-state index contributed by atoms with van der Waals surface area (Å²) in [7, 11) is 2.24. The summed E-state index contributed by atoms with van der Waals surface area (Å²) in [6.07, 6.45) is 4.84. The second-order valence-electron chi connectivity index (χ2n) is 8.01. The molecule has 146 valence electrons. The molecule has 2 aromatic rings. The molecule has 28 heavy (non-hydrogen) atoms. The largest absolute Gasteiger partial charge is 0.305 e. The Morgan fingerprint density at radius 3 is 2.61 bits per heavy atom. The van der Waals surface area contributed by atoms with E-state index in [1.807, 2.05) is 41.3 Å². The van der Waals surface area contributed by atoms with Gasteiger partial charge in [0.1, 0.15) is 0 Å². The maximum atomic E-state index is 13.3. The van der Waals surface area contributed by atoms with Crippen molar-refractivity contribution in [2.45, 2.75) is 53.6 Å². The van der Waals surface area contributed by atoms with Crippen LogP contribution < -0.4 is 10.2 Å². The molecule has 3 aliphatic rings. The Morgan fingerprint density at radius 2 is 1.82 bits per heavy atom. The van der Waals surface area contributed by atoms with E-state index in [2.05, 4.69) is 23.3 Å². The first-order chi connectivity index (χ1) is 13.6. The summed E-state index contributed by atoms with van der Waals surface area (Å²) in [5, 5.41) is 4.21. The minimum atomic E-state index is 0.0718. The molecule has 2 unspecified atom stereocenters. The summed E-state index contributed by atoms with van der Waals surface area (Å²) >= 11 is 7.95. The zero-order valence-corrected chi connectivity index (χ0v) is 17.5. The van der Waals surface area contributed by atoms with E-state index < -0.39 is 0 Å². The molecule has 0 radical (unpaired) electrons. The van der Waals surface area contributed by atoms with Crippen LogP contribution in [-0.2, 0) is 4.79 Å². The number of amides is 1. The van der Waals surface area contributed by atoms with Gasteiger partial charge in [-0.1, -0.05) is 35.5 Å². The highest BCUT2D eigenvalue weighted by atomic mass is 35.5. The maximum absolute atomic E-state index is 13.3. The van der Waals surface area contributed by atoms with Crippen LogP contribution in [0.1, 0.15) is 25.7 Å². The third-order valence-electron chi connectivity index (χ3n) is 6.38. The second kappa shape index (κ2) is 7.38. The van der Waals surface area contributed by atoms with E-state index in [1.54, 1.807) is 11.8 Å². The highest BCUT2D eigenvalue weighted by Crippen LogP contribution is 2.48. The van der Waals surface area contributed by atoms with Gasteiger partial charge in [0.25, 0.3) is 0 Å². The molecule has 2 atom stereocenters. The van der Waals surface area contributed by atoms with Crippen molar-refractivity contribution in [2.24, 2.45) is 0 Å². The first kappa shape index (κ1) is 18.5. The molecular formula is C22H24ClN3OS. The van der Waals surface area contributed by atoms with E-state index in [4.69, 9.17) is 11.6 Å². The number of carbonyl (C=O) groups is 1. The van der Waals surface area contributed by atoms with Gasteiger partial charge in [0, 0.05) is 32.9 Å². The minimum absolute atomic E-state index is 0.0718. The van der Waals surface area contributed by atoms with Gasteiger partial charge in [-0.05, 0) is 63.1 Å². The van der Waals surface area contributed by atoms with E-state index in [-0.39, 0.29) is 5.91 Å². The maximum Gasteiger partial charge on any atom is 0.245 e. The smallest absolute Gasteiger partial charge is 0.245 e. The Morgan fingerprint density at radius 1 is 1.11 bits per heavy atom. The number of carbonyl (C=O) groups excluding carboxylic acids is 1. The van der Waals surface area contributed by atoms with E-state index in [1.165, 1.54) is 12.8 Å². The number of piperidine rings is 1. The van der Waals surface area contributed by atoms with Gasteiger partial charge in [-0.2, -0.15) is 0 Å². The Labute approximate surface area is 175 Å². The standard InChI is InChI=1S/C22H24ClN3OS/c1-25-16-7-8-17(25)12-15(11-16)24-13-22(27)26-18-4-2-3-5-20(18)28-21-9-6-14(23)10-19(21)26/h2-6,9-10,15-17,24H,7-8,11-13H2,1H3. The van der Waals surface area contributed by atoms with Crippen LogP contribution in [0.5, 0.6) is 0 Å². The molecule has 0 aliphatic carbocycles. The SMILES string of the molecule is CN1C2CCC1CC(NCC(=O)N1c3ccccc3Sc3ccc(Cl)cc31)C2. The van der Waals surface area contributed by atoms with Crippen LogP contribution in [0.15, 0.2) is 52.3 Å². The number of anilines is 2. The van der Waals surface area contributed by atoms with E-state index in [0.717, 1.165) is 34.0 Å².